The van der Waals surface area contributed by atoms with Gasteiger partial charge in [0.1, 0.15) is 6.54 Å². The average Bonchev–Trinajstić information content (AvgIpc) is 3.02. The third-order valence-corrected chi connectivity index (χ3v) is 5.45. The van der Waals surface area contributed by atoms with E-state index in [4.69, 9.17) is 5.73 Å². The number of likely N-dealkylation sites (tertiary alicyclic amines) is 1. The van der Waals surface area contributed by atoms with Gasteiger partial charge in [-0.25, -0.2) is 9.13 Å². The molecule has 156 valence electrons. The molecule has 4 rings (SSSR count). The van der Waals surface area contributed by atoms with Crippen molar-refractivity contribution in [3.8, 4) is 0 Å². The number of imidazole rings is 1. The molecule has 0 spiro atoms. The van der Waals surface area contributed by atoms with Crippen molar-refractivity contribution in [2.24, 2.45) is 5.73 Å². The second-order valence-electron chi connectivity index (χ2n) is 7.21. The molecule has 3 aromatic rings. The molecule has 0 aliphatic carbocycles. The number of nitrogens with two attached hydrogens (primary N) is 1. The standard InChI is InChI=1S/C22H27N4O.BrH.ClH/c23-15-21-25(16-18-9-3-1-4-10-18)19-11-5-6-12-20(19)26(21)17-22(27)24-13-7-2-8-14-24;;/h1,3-6,9-12H,2,7-8,13-17,23H2;2*1H/q+1;;/p-1. The van der Waals surface area contributed by atoms with Gasteiger partial charge < -0.3 is 27.6 Å². The molecule has 0 unspecified atom stereocenters. The van der Waals surface area contributed by atoms with Gasteiger partial charge in [0.25, 0.3) is 11.7 Å². The fourth-order valence-corrected chi connectivity index (χ4v) is 4.06. The molecule has 1 aliphatic heterocycles. The molecule has 0 saturated carbocycles. The Morgan fingerprint density at radius 1 is 0.966 bits per heavy atom. The second kappa shape index (κ2) is 10.8. The van der Waals surface area contributed by atoms with E-state index in [1.165, 1.54) is 12.0 Å². The summed E-state index contributed by atoms with van der Waals surface area (Å²) in [7, 11) is 0. The third kappa shape index (κ3) is 5.00. The molecule has 29 heavy (non-hydrogen) atoms. The lowest BCUT2D eigenvalue weighted by molar-refractivity contribution is -0.668. The lowest BCUT2D eigenvalue weighted by Crippen LogP contribution is -3.00. The van der Waals surface area contributed by atoms with Gasteiger partial charge in [0.2, 0.25) is 0 Å². The van der Waals surface area contributed by atoms with E-state index in [0.717, 1.165) is 49.3 Å². The highest BCUT2D eigenvalue weighted by Gasteiger charge is 2.27. The number of hydrogen-bond acceptors (Lipinski definition) is 2. The Bertz CT molecular complexity index is 939. The fourth-order valence-electron chi connectivity index (χ4n) is 4.06. The van der Waals surface area contributed by atoms with Gasteiger partial charge in [-0.1, -0.05) is 42.5 Å². The molecule has 1 aromatic heterocycles. The highest BCUT2D eigenvalue weighted by Crippen LogP contribution is 2.17. The second-order valence-corrected chi connectivity index (χ2v) is 7.21. The summed E-state index contributed by atoms with van der Waals surface area (Å²) in [6.07, 6.45) is 3.44. The minimum atomic E-state index is 0. The molecule has 2 heterocycles. The summed E-state index contributed by atoms with van der Waals surface area (Å²) < 4.78 is 4.35. The lowest BCUT2D eigenvalue weighted by Gasteiger charge is -2.26. The average molecular weight is 480 g/mol. The first-order chi connectivity index (χ1) is 13.3. The minimum Gasteiger partial charge on any atom is -1.00 e. The van der Waals surface area contributed by atoms with Crippen LogP contribution in [0, 0.1) is 0 Å². The molecule has 7 heteroatoms. The molecule has 5 nitrogen and oxygen atoms in total. The Labute approximate surface area is 188 Å². The van der Waals surface area contributed by atoms with Gasteiger partial charge in [-0.2, -0.15) is 0 Å². The van der Waals surface area contributed by atoms with E-state index in [2.05, 4.69) is 45.5 Å². The zero-order chi connectivity index (χ0) is 18.6. The maximum atomic E-state index is 12.9. The number of fused-ring (bicyclic) bond motifs is 1. The summed E-state index contributed by atoms with van der Waals surface area (Å²) in [5, 5.41) is 0. The predicted octanol–water partition coefficient (Wildman–Crippen LogP) is -0.126. The summed E-state index contributed by atoms with van der Waals surface area (Å²) in [6.45, 7) is 3.25. The Balaban J connectivity index is 0.00000150. The number of carbonyl (C=O) groups excluding carboxylic acids is 1. The zero-order valence-corrected chi connectivity index (χ0v) is 18.9. The van der Waals surface area contributed by atoms with E-state index in [1.54, 1.807) is 0 Å². The summed E-state index contributed by atoms with van der Waals surface area (Å²) in [4.78, 5) is 14.9. The molecule has 1 aliphatic rings. The Hall–Kier alpha value is -1.89. The van der Waals surface area contributed by atoms with E-state index in [9.17, 15) is 4.79 Å². The first-order valence-electron chi connectivity index (χ1n) is 9.79. The largest absolute Gasteiger partial charge is 1.00 e. The molecule has 1 saturated heterocycles. The van der Waals surface area contributed by atoms with Crippen LogP contribution in [0.2, 0.25) is 0 Å². The normalized spacial score (nSPS) is 13.6. The molecule has 0 atom stereocenters. The van der Waals surface area contributed by atoms with Gasteiger partial charge in [-0.05, 0) is 37.0 Å². The van der Waals surface area contributed by atoms with Crippen molar-refractivity contribution in [2.45, 2.75) is 38.9 Å². The third-order valence-electron chi connectivity index (χ3n) is 5.45. The van der Waals surface area contributed by atoms with E-state index >= 15 is 0 Å². The number of halogens is 2. The van der Waals surface area contributed by atoms with Crippen LogP contribution in [0.15, 0.2) is 54.6 Å². The van der Waals surface area contributed by atoms with E-state index in [-0.39, 0.29) is 35.3 Å². The quantitative estimate of drug-likeness (QED) is 0.519. The highest BCUT2D eigenvalue weighted by molar-refractivity contribution is 5.85. The minimum absolute atomic E-state index is 0. The number of benzene rings is 2. The molecule has 0 bridgehead atoms. The van der Waals surface area contributed by atoms with Crippen LogP contribution in [0.3, 0.4) is 0 Å². The molecule has 0 radical (unpaired) electrons. The van der Waals surface area contributed by atoms with E-state index < -0.39 is 0 Å². The highest BCUT2D eigenvalue weighted by atomic mass is 79.9. The molecule has 1 amide bonds. The van der Waals surface area contributed by atoms with E-state index in [1.807, 2.05) is 23.1 Å². The Morgan fingerprint density at radius 2 is 1.62 bits per heavy atom. The summed E-state index contributed by atoms with van der Waals surface area (Å²) >= 11 is 0. The maximum Gasteiger partial charge on any atom is 0.272 e. The molecule has 1 fully saturated rings. The predicted molar refractivity (Wildman–Crippen MR) is 113 cm³/mol. The molecular weight excluding hydrogens is 452 g/mol. The number of rotatable bonds is 5. The van der Waals surface area contributed by atoms with Crippen molar-refractivity contribution < 1.29 is 26.3 Å². The van der Waals surface area contributed by atoms with Gasteiger partial charge in [0.05, 0.1) is 6.54 Å². The smallest absolute Gasteiger partial charge is 0.272 e. The van der Waals surface area contributed by atoms with Gasteiger partial charge in [0.15, 0.2) is 17.6 Å². The van der Waals surface area contributed by atoms with Gasteiger partial charge in [0, 0.05) is 13.1 Å². The van der Waals surface area contributed by atoms with Crippen LogP contribution in [0.5, 0.6) is 0 Å². The summed E-state index contributed by atoms with van der Waals surface area (Å²) in [5.41, 5.74) is 9.57. The number of para-hydroxylation sites is 2. The van der Waals surface area contributed by atoms with Gasteiger partial charge >= 0.3 is 0 Å². The van der Waals surface area contributed by atoms with Crippen molar-refractivity contribution in [1.82, 2.24) is 9.47 Å². The topological polar surface area (TPSA) is 55.1 Å². The molecule has 2 N–H and O–H groups in total. The molecule has 2 aromatic carbocycles. The summed E-state index contributed by atoms with van der Waals surface area (Å²) in [6, 6.07) is 18.6. The number of nitrogens with zero attached hydrogens (tertiary/aromatic N) is 3. The maximum absolute atomic E-state index is 12.9. The van der Waals surface area contributed by atoms with Crippen LogP contribution in [0.1, 0.15) is 30.7 Å². The van der Waals surface area contributed by atoms with Crippen molar-refractivity contribution in [2.75, 3.05) is 13.1 Å². The summed E-state index contributed by atoms with van der Waals surface area (Å²) in [5.74, 6) is 1.18. The van der Waals surface area contributed by atoms with Crippen molar-refractivity contribution in [1.29, 1.82) is 0 Å². The number of aromatic nitrogens is 2. The zero-order valence-electron chi connectivity index (χ0n) is 16.5. The first-order valence-corrected chi connectivity index (χ1v) is 9.79. The van der Waals surface area contributed by atoms with Crippen LogP contribution in [0.4, 0.5) is 0 Å². The lowest BCUT2D eigenvalue weighted by atomic mass is 10.1. The van der Waals surface area contributed by atoms with Crippen molar-refractivity contribution in [3.05, 3.63) is 66.0 Å². The fraction of sp³-hybridized carbons (Fsp3) is 0.364. The van der Waals surface area contributed by atoms with Crippen LogP contribution in [-0.4, -0.2) is 28.5 Å². The molecular formula is C22H28BrClN4O. The van der Waals surface area contributed by atoms with Crippen LogP contribution >= 0.6 is 12.4 Å². The first kappa shape index (κ1) is 23.4. The monoisotopic (exact) mass is 478 g/mol. The van der Waals surface area contributed by atoms with Crippen LogP contribution < -0.4 is 27.3 Å². The van der Waals surface area contributed by atoms with E-state index in [0.29, 0.717) is 13.1 Å². The van der Waals surface area contributed by atoms with Crippen LogP contribution in [-0.2, 0) is 24.4 Å². The van der Waals surface area contributed by atoms with Gasteiger partial charge in [-0.3, -0.25) is 4.79 Å². The number of amides is 1. The van der Waals surface area contributed by atoms with Crippen molar-refractivity contribution >= 4 is 29.3 Å². The Kier molecular flexibility index (Phi) is 8.68. The SMILES string of the molecule is Cl.NCc1n(Cc2ccccc2)c2ccccc2[n+]1CC(=O)N1CCCCC1.[Br-]. The van der Waals surface area contributed by atoms with Crippen molar-refractivity contribution in [3.63, 3.8) is 0 Å². The number of piperidine rings is 1. The number of carbonyl (C=O) groups is 1. The van der Waals surface area contributed by atoms with Crippen LogP contribution in [0.25, 0.3) is 11.0 Å². The number of hydrogen-bond donors (Lipinski definition) is 1. The van der Waals surface area contributed by atoms with Gasteiger partial charge in [-0.15, -0.1) is 12.4 Å². The Morgan fingerprint density at radius 3 is 2.31 bits per heavy atom.